The second-order valence-corrected chi connectivity index (χ2v) is 3.75. The molecule has 0 saturated carbocycles. The van der Waals surface area contributed by atoms with E-state index in [-0.39, 0.29) is 5.91 Å². The van der Waals surface area contributed by atoms with Crippen LogP contribution in [0.4, 0.5) is 0 Å². The first kappa shape index (κ1) is 12.0. The predicted molar refractivity (Wildman–Crippen MR) is 67.2 cm³/mol. The van der Waals surface area contributed by atoms with Crippen LogP contribution < -0.4 is 5.43 Å². The number of carbonyl (C=O) groups excluding carboxylic acids is 1. The van der Waals surface area contributed by atoms with Gasteiger partial charge >= 0.3 is 0 Å². The van der Waals surface area contributed by atoms with Gasteiger partial charge in [-0.15, -0.1) is 0 Å². The van der Waals surface area contributed by atoms with Crippen LogP contribution in [-0.4, -0.2) is 26.9 Å². The van der Waals surface area contributed by atoms with E-state index in [1.807, 2.05) is 14.0 Å². The summed E-state index contributed by atoms with van der Waals surface area (Å²) in [5.41, 5.74) is 4.75. The van der Waals surface area contributed by atoms with E-state index in [0.717, 1.165) is 11.3 Å². The molecule has 2 aromatic rings. The second-order valence-electron chi connectivity index (χ2n) is 3.75. The minimum absolute atomic E-state index is 0.291. The Morgan fingerprint density at radius 3 is 2.94 bits per heavy atom. The molecule has 0 aliphatic carbocycles. The molecule has 2 rings (SSSR count). The first-order valence-corrected chi connectivity index (χ1v) is 5.40. The van der Waals surface area contributed by atoms with Crippen LogP contribution in [0.25, 0.3) is 0 Å². The van der Waals surface area contributed by atoms with Gasteiger partial charge in [0.15, 0.2) is 0 Å². The lowest BCUT2D eigenvalue weighted by Gasteiger charge is -1.98. The summed E-state index contributed by atoms with van der Waals surface area (Å²) in [7, 11) is 1.85. The van der Waals surface area contributed by atoms with Gasteiger partial charge in [0.25, 0.3) is 5.91 Å². The summed E-state index contributed by atoms with van der Waals surface area (Å²) in [5.74, 6) is -0.291. The van der Waals surface area contributed by atoms with Crippen molar-refractivity contribution < 1.29 is 4.79 Å². The highest BCUT2D eigenvalue weighted by Gasteiger charge is 2.03. The maximum absolute atomic E-state index is 11.6. The molecule has 6 heteroatoms. The molecule has 0 aromatic carbocycles. The minimum Gasteiger partial charge on any atom is -0.272 e. The number of aryl methyl sites for hydroxylation is 1. The van der Waals surface area contributed by atoms with Gasteiger partial charge < -0.3 is 0 Å². The standard InChI is InChI=1S/C12H13N5O/c1-9-11(8-15-17(9)2)7-14-16-12(18)10-4-3-5-13-6-10/h3-8H,1-2H3,(H,16,18)/b14-7-. The molecule has 0 radical (unpaired) electrons. The minimum atomic E-state index is -0.291. The van der Waals surface area contributed by atoms with Crippen LogP contribution in [0.3, 0.4) is 0 Å². The number of nitrogens with one attached hydrogen (secondary N) is 1. The number of hydrogen-bond acceptors (Lipinski definition) is 4. The Balaban J connectivity index is 2.00. The third-order valence-electron chi connectivity index (χ3n) is 2.57. The second kappa shape index (κ2) is 5.22. The first-order valence-electron chi connectivity index (χ1n) is 5.40. The quantitative estimate of drug-likeness (QED) is 0.642. The van der Waals surface area contributed by atoms with Crippen molar-refractivity contribution in [2.24, 2.45) is 12.1 Å². The maximum Gasteiger partial charge on any atom is 0.272 e. The van der Waals surface area contributed by atoms with E-state index in [4.69, 9.17) is 0 Å². The normalized spacial score (nSPS) is 10.8. The van der Waals surface area contributed by atoms with Gasteiger partial charge in [-0.05, 0) is 19.1 Å². The van der Waals surface area contributed by atoms with E-state index in [0.29, 0.717) is 5.56 Å². The van der Waals surface area contributed by atoms with Crippen LogP contribution in [0.5, 0.6) is 0 Å². The Bertz CT molecular complexity index is 573. The van der Waals surface area contributed by atoms with E-state index >= 15 is 0 Å². The fraction of sp³-hybridized carbons (Fsp3) is 0.167. The number of carbonyl (C=O) groups is 1. The van der Waals surface area contributed by atoms with Gasteiger partial charge in [0.2, 0.25) is 0 Å². The maximum atomic E-state index is 11.6. The molecule has 0 spiro atoms. The van der Waals surface area contributed by atoms with Crippen molar-refractivity contribution in [3.63, 3.8) is 0 Å². The number of hydrogen-bond donors (Lipinski definition) is 1. The van der Waals surface area contributed by atoms with Crippen molar-refractivity contribution in [3.8, 4) is 0 Å². The fourth-order valence-electron chi connectivity index (χ4n) is 1.36. The zero-order valence-corrected chi connectivity index (χ0v) is 10.2. The van der Waals surface area contributed by atoms with E-state index in [9.17, 15) is 4.79 Å². The third kappa shape index (κ3) is 2.60. The lowest BCUT2D eigenvalue weighted by Crippen LogP contribution is -2.17. The molecule has 0 saturated heterocycles. The highest BCUT2D eigenvalue weighted by Crippen LogP contribution is 2.01. The topological polar surface area (TPSA) is 72.2 Å². The molecule has 6 nitrogen and oxygen atoms in total. The molecule has 2 heterocycles. The molecule has 18 heavy (non-hydrogen) atoms. The Morgan fingerprint density at radius 1 is 1.50 bits per heavy atom. The predicted octanol–water partition coefficient (Wildman–Crippen LogP) is 0.887. The van der Waals surface area contributed by atoms with Gasteiger partial charge in [0.1, 0.15) is 0 Å². The number of aromatic nitrogens is 3. The van der Waals surface area contributed by atoms with Crippen molar-refractivity contribution in [2.75, 3.05) is 0 Å². The lowest BCUT2D eigenvalue weighted by atomic mass is 10.3. The Hall–Kier alpha value is -2.50. The lowest BCUT2D eigenvalue weighted by molar-refractivity contribution is 0.0955. The van der Waals surface area contributed by atoms with Crippen molar-refractivity contribution in [3.05, 3.63) is 47.5 Å². The molecule has 0 fully saturated rings. The van der Waals surface area contributed by atoms with Crippen molar-refractivity contribution in [1.29, 1.82) is 0 Å². The molecular weight excluding hydrogens is 230 g/mol. The summed E-state index contributed by atoms with van der Waals surface area (Å²) in [6.07, 6.45) is 6.35. The molecular formula is C12H13N5O. The van der Waals surface area contributed by atoms with Crippen LogP contribution >= 0.6 is 0 Å². The monoisotopic (exact) mass is 243 g/mol. The number of pyridine rings is 1. The first-order chi connectivity index (χ1) is 8.68. The smallest absolute Gasteiger partial charge is 0.272 e. The number of amides is 1. The molecule has 92 valence electrons. The highest BCUT2D eigenvalue weighted by atomic mass is 16.2. The summed E-state index contributed by atoms with van der Waals surface area (Å²) in [5, 5.41) is 7.96. The summed E-state index contributed by atoms with van der Waals surface area (Å²) in [6.45, 7) is 1.93. The zero-order valence-electron chi connectivity index (χ0n) is 10.2. The Labute approximate surface area is 104 Å². The van der Waals surface area contributed by atoms with Gasteiger partial charge in [-0.1, -0.05) is 0 Å². The Morgan fingerprint density at radius 2 is 2.33 bits per heavy atom. The molecule has 0 unspecified atom stereocenters. The van der Waals surface area contributed by atoms with Crippen LogP contribution in [0, 0.1) is 6.92 Å². The van der Waals surface area contributed by atoms with Gasteiger partial charge in [0, 0.05) is 30.7 Å². The van der Waals surface area contributed by atoms with Crippen molar-refractivity contribution in [2.45, 2.75) is 6.92 Å². The van der Waals surface area contributed by atoms with Gasteiger partial charge in [0.05, 0.1) is 18.0 Å². The molecule has 1 N–H and O–H groups in total. The average Bonchev–Trinajstić information content (AvgIpc) is 2.71. The van der Waals surface area contributed by atoms with Gasteiger partial charge in [-0.3, -0.25) is 14.5 Å². The number of nitrogens with zero attached hydrogens (tertiary/aromatic N) is 4. The average molecular weight is 243 g/mol. The molecule has 1 amide bonds. The molecule has 0 aliphatic rings. The highest BCUT2D eigenvalue weighted by molar-refractivity contribution is 5.94. The van der Waals surface area contributed by atoms with E-state index in [1.54, 1.807) is 35.4 Å². The Kier molecular flexibility index (Phi) is 3.47. The van der Waals surface area contributed by atoms with Crippen molar-refractivity contribution >= 4 is 12.1 Å². The SMILES string of the molecule is Cc1c(/C=N\NC(=O)c2cccnc2)cnn1C. The summed E-state index contributed by atoms with van der Waals surface area (Å²) >= 11 is 0. The van der Waals surface area contributed by atoms with Crippen LogP contribution in [0.1, 0.15) is 21.6 Å². The molecule has 0 atom stereocenters. The van der Waals surface area contributed by atoms with E-state index in [2.05, 4.69) is 20.6 Å². The fourth-order valence-corrected chi connectivity index (χ4v) is 1.36. The van der Waals surface area contributed by atoms with Gasteiger partial charge in [-0.25, -0.2) is 5.43 Å². The third-order valence-corrected chi connectivity index (χ3v) is 2.57. The summed E-state index contributed by atoms with van der Waals surface area (Å²) in [4.78, 5) is 15.5. The van der Waals surface area contributed by atoms with Crippen LogP contribution in [0.2, 0.25) is 0 Å². The largest absolute Gasteiger partial charge is 0.272 e. The van der Waals surface area contributed by atoms with Gasteiger partial charge in [-0.2, -0.15) is 10.2 Å². The number of rotatable bonds is 3. The zero-order chi connectivity index (χ0) is 13.0. The molecule has 2 aromatic heterocycles. The van der Waals surface area contributed by atoms with Crippen LogP contribution in [0.15, 0.2) is 35.8 Å². The number of hydrazone groups is 1. The van der Waals surface area contributed by atoms with Crippen LogP contribution in [-0.2, 0) is 7.05 Å². The van der Waals surface area contributed by atoms with Crippen molar-refractivity contribution in [1.82, 2.24) is 20.2 Å². The van der Waals surface area contributed by atoms with E-state index < -0.39 is 0 Å². The summed E-state index contributed by atoms with van der Waals surface area (Å²) < 4.78 is 1.74. The van der Waals surface area contributed by atoms with E-state index in [1.165, 1.54) is 6.20 Å². The molecule has 0 bridgehead atoms. The summed E-state index contributed by atoms with van der Waals surface area (Å²) in [6, 6.07) is 3.37. The molecule has 0 aliphatic heterocycles.